The van der Waals surface area contributed by atoms with Gasteiger partial charge in [-0.25, -0.2) is 9.59 Å². The van der Waals surface area contributed by atoms with Gasteiger partial charge in [0.1, 0.15) is 0 Å². The Bertz CT molecular complexity index is 517. The maximum Gasteiger partial charge on any atom is 0.338 e. The Morgan fingerprint density at radius 2 is 2.05 bits per heavy atom. The summed E-state index contributed by atoms with van der Waals surface area (Å²) in [6, 6.07) is 7.29. The molecule has 1 aromatic rings. The zero-order valence-electron chi connectivity index (χ0n) is 12.2. The lowest BCUT2D eigenvalue weighted by atomic mass is 10.1. The fraction of sp³-hybridized carbons (Fsp3) is 0.467. The molecule has 0 radical (unpaired) electrons. The summed E-state index contributed by atoms with van der Waals surface area (Å²) in [5.41, 5.74) is 1.41. The van der Waals surface area contributed by atoms with Crippen LogP contribution in [0.25, 0.3) is 0 Å². The zero-order valence-corrected chi connectivity index (χ0v) is 12.2. The molecular formula is C15H19NO5. The van der Waals surface area contributed by atoms with Crippen molar-refractivity contribution in [3.05, 3.63) is 35.4 Å². The van der Waals surface area contributed by atoms with Crippen molar-refractivity contribution in [2.24, 2.45) is 0 Å². The molecule has 1 fully saturated rings. The van der Waals surface area contributed by atoms with Crippen LogP contribution in [0.3, 0.4) is 0 Å². The van der Waals surface area contributed by atoms with Crippen molar-refractivity contribution in [3.63, 3.8) is 0 Å². The van der Waals surface area contributed by atoms with E-state index in [2.05, 4.69) is 4.90 Å². The molecule has 6 heteroatoms. The van der Waals surface area contributed by atoms with Gasteiger partial charge in [-0.3, -0.25) is 4.90 Å². The number of hydrogen-bond donors (Lipinski definition) is 0. The highest BCUT2D eigenvalue weighted by Gasteiger charge is 2.27. The fourth-order valence-corrected chi connectivity index (χ4v) is 2.33. The second kappa shape index (κ2) is 7.19. The van der Waals surface area contributed by atoms with Crippen LogP contribution in [-0.4, -0.2) is 56.9 Å². The summed E-state index contributed by atoms with van der Waals surface area (Å²) in [6.07, 6.45) is -0.575. The van der Waals surface area contributed by atoms with Gasteiger partial charge in [-0.15, -0.1) is 0 Å². The van der Waals surface area contributed by atoms with Crippen molar-refractivity contribution < 1.29 is 23.8 Å². The van der Waals surface area contributed by atoms with Gasteiger partial charge in [0.25, 0.3) is 0 Å². The lowest BCUT2D eigenvalue weighted by molar-refractivity contribution is -0.160. The van der Waals surface area contributed by atoms with E-state index in [4.69, 9.17) is 14.2 Å². The smallest absolute Gasteiger partial charge is 0.338 e. The highest BCUT2D eigenvalue weighted by molar-refractivity contribution is 5.90. The molecule has 6 nitrogen and oxygen atoms in total. The molecule has 1 aromatic carbocycles. The number of rotatable bonds is 4. The first-order valence-corrected chi connectivity index (χ1v) is 6.73. The molecular weight excluding hydrogens is 274 g/mol. The van der Waals surface area contributed by atoms with Crippen LogP contribution in [0.5, 0.6) is 0 Å². The lowest BCUT2D eigenvalue weighted by Crippen LogP contribution is -2.46. The van der Waals surface area contributed by atoms with Crippen LogP contribution < -0.4 is 0 Å². The molecule has 0 amide bonds. The summed E-state index contributed by atoms with van der Waals surface area (Å²) in [5, 5.41) is 0. The number of carbonyl (C=O) groups is 2. The number of hydrogen-bond acceptors (Lipinski definition) is 6. The molecule has 1 atom stereocenters. The van der Waals surface area contributed by atoms with Crippen LogP contribution in [0, 0.1) is 0 Å². The highest BCUT2D eigenvalue weighted by Crippen LogP contribution is 2.15. The summed E-state index contributed by atoms with van der Waals surface area (Å²) in [6.45, 7) is 2.16. The molecule has 21 heavy (non-hydrogen) atoms. The Morgan fingerprint density at radius 3 is 2.76 bits per heavy atom. The van der Waals surface area contributed by atoms with E-state index in [1.807, 2.05) is 12.1 Å². The number of esters is 2. The first-order chi connectivity index (χ1) is 10.2. The van der Waals surface area contributed by atoms with E-state index in [0.717, 1.165) is 5.56 Å². The molecule has 0 unspecified atom stereocenters. The average Bonchev–Trinajstić information content (AvgIpc) is 2.54. The Morgan fingerprint density at radius 1 is 1.29 bits per heavy atom. The van der Waals surface area contributed by atoms with Gasteiger partial charge in [-0.2, -0.15) is 0 Å². The van der Waals surface area contributed by atoms with Crippen molar-refractivity contribution in [3.8, 4) is 0 Å². The van der Waals surface area contributed by atoms with Gasteiger partial charge >= 0.3 is 11.9 Å². The van der Waals surface area contributed by atoms with Gasteiger partial charge in [0.15, 0.2) is 6.10 Å². The molecule has 0 bridgehead atoms. The predicted octanol–water partition coefficient (Wildman–Crippen LogP) is 0.847. The summed E-state index contributed by atoms with van der Waals surface area (Å²) >= 11 is 0. The third kappa shape index (κ3) is 3.80. The van der Waals surface area contributed by atoms with Crippen LogP contribution >= 0.6 is 0 Å². The van der Waals surface area contributed by atoms with Crippen LogP contribution in [-0.2, 0) is 25.5 Å². The molecule has 0 saturated carbocycles. The zero-order chi connectivity index (χ0) is 15.2. The highest BCUT2D eigenvalue weighted by atomic mass is 16.6. The standard InChI is InChI=1S/C15H19NO5/c1-19-14(17)12-6-4-3-5-11(12)9-16-7-8-21-13(10-16)15(18)20-2/h3-6,13H,7-10H2,1-2H3/t13-/m0/s1. The molecule has 1 aliphatic rings. The van der Waals surface area contributed by atoms with E-state index in [9.17, 15) is 9.59 Å². The number of methoxy groups -OCH3 is 2. The van der Waals surface area contributed by atoms with Crippen LogP contribution in [0.1, 0.15) is 15.9 Å². The van der Waals surface area contributed by atoms with Crippen molar-refractivity contribution in [1.82, 2.24) is 4.90 Å². The lowest BCUT2D eigenvalue weighted by Gasteiger charge is -2.31. The molecule has 114 valence electrons. The molecule has 1 saturated heterocycles. The summed E-state index contributed by atoms with van der Waals surface area (Å²) in [5.74, 6) is -0.732. The Balaban J connectivity index is 2.08. The maximum absolute atomic E-state index is 11.8. The number of nitrogens with zero attached hydrogens (tertiary/aromatic N) is 1. The van der Waals surface area contributed by atoms with E-state index in [1.165, 1.54) is 14.2 Å². The predicted molar refractivity (Wildman–Crippen MR) is 74.8 cm³/mol. The molecule has 0 aliphatic carbocycles. The Hall–Kier alpha value is -1.92. The van der Waals surface area contributed by atoms with Crippen LogP contribution in [0.2, 0.25) is 0 Å². The van der Waals surface area contributed by atoms with E-state index >= 15 is 0 Å². The van der Waals surface area contributed by atoms with E-state index in [-0.39, 0.29) is 11.9 Å². The maximum atomic E-state index is 11.8. The number of carbonyl (C=O) groups excluding carboxylic acids is 2. The second-order valence-corrected chi connectivity index (χ2v) is 4.77. The Labute approximate surface area is 123 Å². The molecule has 1 heterocycles. The normalized spacial score (nSPS) is 19.0. The van der Waals surface area contributed by atoms with Crippen molar-refractivity contribution in [2.75, 3.05) is 33.9 Å². The van der Waals surface area contributed by atoms with E-state index in [0.29, 0.717) is 31.8 Å². The number of ether oxygens (including phenoxy) is 3. The van der Waals surface area contributed by atoms with E-state index < -0.39 is 6.10 Å². The van der Waals surface area contributed by atoms with Crippen molar-refractivity contribution in [2.45, 2.75) is 12.6 Å². The minimum absolute atomic E-state index is 0.358. The van der Waals surface area contributed by atoms with Gasteiger partial charge < -0.3 is 14.2 Å². The SMILES string of the molecule is COC(=O)c1ccccc1CN1CCO[C@H](C(=O)OC)C1. The van der Waals surface area contributed by atoms with Gasteiger partial charge in [0, 0.05) is 19.6 Å². The monoisotopic (exact) mass is 293 g/mol. The first-order valence-electron chi connectivity index (χ1n) is 6.73. The third-order valence-corrected chi connectivity index (χ3v) is 3.43. The fourth-order valence-electron chi connectivity index (χ4n) is 2.33. The molecule has 0 spiro atoms. The Kier molecular flexibility index (Phi) is 5.30. The van der Waals surface area contributed by atoms with Crippen molar-refractivity contribution >= 4 is 11.9 Å². The van der Waals surface area contributed by atoms with Gasteiger partial charge in [0.05, 0.1) is 26.4 Å². The first kappa shape index (κ1) is 15.5. The van der Waals surface area contributed by atoms with Gasteiger partial charge in [-0.1, -0.05) is 18.2 Å². The average molecular weight is 293 g/mol. The summed E-state index contributed by atoms with van der Waals surface area (Å²) in [4.78, 5) is 25.4. The second-order valence-electron chi connectivity index (χ2n) is 4.77. The van der Waals surface area contributed by atoms with E-state index in [1.54, 1.807) is 12.1 Å². The number of morpholine rings is 1. The van der Waals surface area contributed by atoms with Crippen molar-refractivity contribution in [1.29, 1.82) is 0 Å². The summed E-state index contributed by atoms with van der Waals surface area (Å²) in [7, 11) is 2.71. The molecule has 0 aromatic heterocycles. The topological polar surface area (TPSA) is 65.1 Å². The molecule has 1 aliphatic heterocycles. The van der Waals surface area contributed by atoms with Gasteiger partial charge in [0.2, 0.25) is 0 Å². The summed E-state index contributed by atoms with van der Waals surface area (Å²) < 4.78 is 14.9. The molecule has 2 rings (SSSR count). The van der Waals surface area contributed by atoms with Crippen LogP contribution in [0.4, 0.5) is 0 Å². The number of benzene rings is 1. The molecule has 0 N–H and O–H groups in total. The third-order valence-electron chi connectivity index (χ3n) is 3.43. The largest absolute Gasteiger partial charge is 0.467 e. The minimum atomic E-state index is -0.575. The van der Waals surface area contributed by atoms with Gasteiger partial charge in [-0.05, 0) is 11.6 Å². The minimum Gasteiger partial charge on any atom is -0.467 e. The van der Waals surface area contributed by atoms with Crippen LogP contribution in [0.15, 0.2) is 24.3 Å². The quantitative estimate of drug-likeness (QED) is 0.767.